The molecule has 0 aromatic heterocycles. The minimum absolute atomic E-state index is 0.442. The second kappa shape index (κ2) is 6.25. The van der Waals surface area contributed by atoms with Gasteiger partial charge in [0.25, 0.3) is 0 Å². The van der Waals surface area contributed by atoms with Gasteiger partial charge < -0.3 is 9.84 Å². The molecule has 0 amide bonds. The van der Waals surface area contributed by atoms with Crippen molar-refractivity contribution in [1.29, 1.82) is 0 Å². The molecule has 2 nitrogen and oxygen atoms in total. The third-order valence-electron chi connectivity index (χ3n) is 2.18. The van der Waals surface area contributed by atoms with Crippen LogP contribution >= 0.6 is 0 Å². The first-order valence-electron chi connectivity index (χ1n) is 5.25. The van der Waals surface area contributed by atoms with E-state index in [2.05, 4.69) is 0 Å². The zero-order valence-electron chi connectivity index (χ0n) is 9.31. The Morgan fingerprint density at radius 3 is 2.60 bits per heavy atom. The molecule has 82 valence electrons. The highest BCUT2D eigenvalue weighted by Gasteiger charge is 2.04. The van der Waals surface area contributed by atoms with Crippen molar-refractivity contribution in [2.75, 3.05) is 6.61 Å². The van der Waals surface area contributed by atoms with Gasteiger partial charge in [0.15, 0.2) is 0 Å². The fourth-order valence-corrected chi connectivity index (χ4v) is 1.27. The summed E-state index contributed by atoms with van der Waals surface area (Å²) in [6, 6.07) is 7.92. The summed E-state index contributed by atoms with van der Waals surface area (Å²) in [6.07, 6.45) is 3.62. The molecule has 1 aromatic rings. The molecule has 0 radical (unpaired) electrons. The smallest absolute Gasteiger partial charge is 0.0845 e. The van der Waals surface area contributed by atoms with Crippen LogP contribution in [0.3, 0.4) is 0 Å². The fourth-order valence-electron chi connectivity index (χ4n) is 1.27. The van der Waals surface area contributed by atoms with Crippen LogP contribution in [0, 0.1) is 6.92 Å². The van der Waals surface area contributed by atoms with Gasteiger partial charge in [-0.2, -0.15) is 0 Å². The Labute approximate surface area is 91.2 Å². The fraction of sp³-hybridized carbons (Fsp3) is 0.385. The molecular formula is C13H18O2. The van der Waals surface area contributed by atoms with Crippen LogP contribution < -0.4 is 0 Å². The van der Waals surface area contributed by atoms with E-state index in [4.69, 9.17) is 4.74 Å². The SMILES string of the molecule is CCO/C=C\CC(O)c1ccc(C)cc1. The zero-order chi connectivity index (χ0) is 11.1. The number of ether oxygens (including phenoxy) is 1. The molecule has 0 aliphatic carbocycles. The van der Waals surface area contributed by atoms with Crippen LogP contribution in [-0.4, -0.2) is 11.7 Å². The first-order valence-corrected chi connectivity index (χ1v) is 5.25. The molecule has 0 saturated heterocycles. The molecule has 1 N–H and O–H groups in total. The number of aliphatic hydroxyl groups is 1. The average molecular weight is 206 g/mol. The van der Waals surface area contributed by atoms with Crippen molar-refractivity contribution in [3.63, 3.8) is 0 Å². The van der Waals surface area contributed by atoms with Gasteiger partial charge in [0.05, 0.1) is 19.0 Å². The normalized spacial score (nSPS) is 13.0. The van der Waals surface area contributed by atoms with Gasteiger partial charge in [-0.3, -0.25) is 0 Å². The summed E-state index contributed by atoms with van der Waals surface area (Å²) in [7, 11) is 0. The molecule has 1 atom stereocenters. The molecule has 0 bridgehead atoms. The lowest BCUT2D eigenvalue weighted by molar-refractivity contribution is 0.179. The highest BCUT2D eigenvalue weighted by atomic mass is 16.5. The Morgan fingerprint density at radius 2 is 2.00 bits per heavy atom. The molecule has 0 aliphatic rings. The van der Waals surface area contributed by atoms with Crippen molar-refractivity contribution in [3.05, 3.63) is 47.7 Å². The van der Waals surface area contributed by atoms with Crippen molar-refractivity contribution in [3.8, 4) is 0 Å². The van der Waals surface area contributed by atoms with Crippen LogP contribution in [0.25, 0.3) is 0 Å². The number of benzene rings is 1. The van der Waals surface area contributed by atoms with Crippen molar-refractivity contribution < 1.29 is 9.84 Å². The molecule has 0 saturated carbocycles. The molecule has 1 aromatic carbocycles. The molecule has 1 rings (SSSR count). The Morgan fingerprint density at radius 1 is 1.33 bits per heavy atom. The largest absolute Gasteiger partial charge is 0.502 e. The summed E-state index contributed by atoms with van der Waals surface area (Å²) in [6.45, 7) is 4.63. The predicted molar refractivity (Wildman–Crippen MR) is 61.5 cm³/mol. The van der Waals surface area contributed by atoms with Gasteiger partial charge in [0.1, 0.15) is 0 Å². The Bertz CT molecular complexity index is 301. The van der Waals surface area contributed by atoms with Gasteiger partial charge in [0, 0.05) is 0 Å². The Balaban J connectivity index is 2.46. The molecule has 0 spiro atoms. The van der Waals surface area contributed by atoms with Gasteiger partial charge in [-0.05, 0) is 31.9 Å². The van der Waals surface area contributed by atoms with E-state index in [-0.39, 0.29) is 0 Å². The topological polar surface area (TPSA) is 29.5 Å². The van der Waals surface area contributed by atoms with E-state index in [1.54, 1.807) is 6.26 Å². The van der Waals surface area contributed by atoms with Gasteiger partial charge >= 0.3 is 0 Å². The van der Waals surface area contributed by atoms with Crippen molar-refractivity contribution in [1.82, 2.24) is 0 Å². The standard InChI is InChI=1S/C13H18O2/c1-3-15-10-4-5-13(14)12-8-6-11(2)7-9-12/h4,6-10,13-14H,3,5H2,1-2H3/b10-4-. The maximum atomic E-state index is 9.80. The first kappa shape index (κ1) is 11.8. The quantitative estimate of drug-likeness (QED) is 0.750. The maximum absolute atomic E-state index is 9.80. The van der Waals surface area contributed by atoms with Crippen molar-refractivity contribution in [2.24, 2.45) is 0 Å². The summed E-state index contributed by atoms with van der Waals surface area (Å²) in [4.78, 5) is 0. The van der Waals surface area contributed by atoms with E-state index in [1.807, 2.05) is 44.2 Å². The molecule has 1 unspecified atom stereocenters. The second-order valence-corrected chi connectivity index (χ2v) is 3.49. The molecule has 15 heavy (non-hydrogen) atoms. The minimum Gasteiger partial charge on any atom is -0.502 e. The van der Waals surface area contributed by atoms with Crippen LogP contribution in [0.4, 0.5) is 0 Å². The molecule has 0 heterocycles. The van der Waals surface area contributed by atoms with Crippen molar-refractivity contribution in [2.45, 2.75) is 26.4 Å². The van der Waals surface area contributed by atoms with Crippen LogP contribution in [0.1, 0.15) is 30.6 Å². The summed E-state index contributed by atoms with van der Waals surface area (Å²) >= 11 is 0. The molecule has 2 heteroatoms. The number of aryl methyl sites for hydroxylation is 1. The van der Waals surface area contributed by atoms with E-state index in [1.165, 1.54) is 5.56 Å². The molecule has 0 fully saturated rings. The second-order valence-electron chi connectivity index (χ2n) is 3.49. The van der Waals surface area contributed by atoms with Crippen LogP contribution in [0.15, 0.2) is 36.6 Å². The first-order chi connectivity index (χ1) is 7.24. The summed E-state index contributed by atoms with van der Waals surface area (Å²) in [5.41, 5.74) is 2.15. The van der Waals surface area contributed by atoms with Crippen LogP contribution in [-0.2, 0) is 4.74 Å². The lowest BCUT2D eigenvalue weighted by atomic mass is 10.1. The number of hydrogen-bond donors (Lipinski definition) is 1. The number of hydrogen-bond acceptors (Lipinski definition) is 2. The van der Waals surface area contributed by atoms with Gasteiger partial charge in [-0.25, -0.2) is 0 Å². The number of rotatable bonds is 5. The van der Waals surface area contributed by atoms with E-state index < -0.39 is 6.10 Å². The van der Waals surface area contributed by atoms with E-state index >= 15 is 0 Å². The molecule has 0 aliphatic heterocycles. The summed E-state index contributed by atoms with van der Waals surface area (Å²) in [5.74, 6) is 0. The third-order valence-corrected chi connectivity index (χ3v) is 2.18. The Hall–Kier alpha value is -1.28. The summed E-state index contributed by atoms with van der Waals surface area (Å²) < 4.78 is 5.05. The predicted octanol–water partition coefficient (Wildman–Crippen LogP) is 2.97. The van der Waals surface area contributed by atoms with E-state index in [9.17, 15) is 5.11 Å². The average Bonchev–Trinajstić information content (AvgIpc) is 2.25. The lowest BCUT2D eigenvalue weighted by Crippen LogP contribution is -1.95. The summed E-state index contributed by atoms with van der Waals surface area (Å²) in [5, 5.41) is 9.80. The lowest BCUT2D eigenvalue weighted by Gasteiger charge is -2.08. The van der Waals surface area contributed by atoms with Crippen LogP contribution in [0.5, 0.6) is 0 Å². The highest BCUT2D eigenvalue weighted by molar-refractivity contribution is 5.23. The van der Waals surface area contributed by atoms with Gasteiger partial charge in [0.2, 0.25) is 0 Å². The van der Waals surface area contributed by atoms with Gasteiger partial charge in [-0.15, -0.1) is 0 Å². The third kappa shape index (κ3) is 4.17. The minimum atomic E-state index is -0.442. The Kier molecular flexibility index (Phi) is 4.91. The van der Waals surface area contributed by atoms with Crippen LogP contribution in [0.2, 0.25) is 0 Å². The highest BCUT2D eigenvalue weighted by Crippen LogP contribution is 2.17. The number of aliphatic hydroxyl groups excluding tert-OH is 1. The van der Waals surface area contributed by atoms with E-state index in [0.717, 1.165) is 5.56 Å². The monoisotopic (exact) mass is 206 g/mol. The maximum Gasteiger partial charge on any atom is 0.0845 e. The van der Waals surface area contributed by atoms with E-state index in [0.29, 0.717) is 13.0 Å². The van der Waals surface area contributed by atoms with Gasteiger partial charge in [-0.1, -0.05) is 29.8 Å². The van der Waals surface area contributed by atoms with Crippen molar-refractivity contribution >= 4 is 0 Å². The molecular weight excluding hydrogens is 188 g/mol. The zero-order valence-corrected chi connectivity index (χ0v) is 9.31.